The number of carbonyl (C=O) groups is 2. The lowest BCUT2D eigenvalue weighted by molar-refractivity contribution is -0.119. The van der Waals surface area contributed by atoms with E-state index in [1.807, 2.05) is 18.2 Å². The Balaban J connectivity index is 0.00000289. The summed E-state index contributed by atoms with van der Waals surface area (Å²) in [5.74, 6) is 0.537. The molecule has 2 atom stereocenters. The molecule has 0 saturated carbocycles. The van der Waals surface area contributed by atoms with Gasteiger partial charge in [0.25, 0.3) is 5.91 Å². The number of nitrogens with one attached hydrogen (secondary N) is 1. The first-order valence-corrected chi connectivity index (χ1v) is 11.8. The van der Waals surface area contributed by atoms with Crippen molar-refractivity contribution in [3.63, 3.8) is 0 Å². The van der Waals surface area contributed by atoms with Crippen LogP contribution in [0, 0.1) is 5.92 Å². The number of ether oxygens (including phenoxy) is 1. The van der Waals surface area contributed by atoms with Crippen LogP contribution in [-0.2, 0) is 16.1 Å². The molecule has 2 aliphatic rings. The summed E-state index contributed by atoms with van der Waals surface area (Å²) in [6, 6.07) is 12.3. The summed E-state index contributed by atoms with van der Waals surface area (Å²) < 4.78 is 5.49. The van der Waals surface area contributed by atoms with Gasteiger partial charge in [-0.25, -0.2) is 0 Å². The van der Waals surface area contributed by atoms with Gasteiger partial charge in [0.1, 0.15) is 0 Å². The fourth-order valence-corrected chi connectivity index (χ4v) is 4.91. The summed E-state index contributed by atoms with van der Waals surface area (Å²) in [4.78, 5) is 28.5. The number of amides is 2. The number of hydrogen-bond acceptors (Lipinski definition) is 5. The van der Waals surface area contributed by atoms with E-state index in [0.29, 0.717) is 47.6 Å². The van der Waals surface area contributed by atoms with Crippen molar-refractivity contribution >= 4 is 53.3 Å². The molecule has 2 aromatic rings. The number of anilines is 1. The highest BCUT2D eigenvalue weighted by Gasteiger charge is 2.29. The van der Waals surface area contributed by atoms with Crippen LogP contribution in [0.5, 0.6) is 0 Å². The number of rotatable bonds is 5. The van der Waals surface area contributed by atoms with Crippen molar-refractivity contribution in [1.29, 1.82) is 0 Å². The second kappa shape index (κ2) is 11.4. The first kappa shape index (κ1) is 24.9. The fourth-order valence-electron chi connectivity index (χ4n) is 3.80. The first-order valence-electron chi connectivity index (χ1n) is 10.5. The van der Waals surface area contributed by atoms with Crippen LogP contribution >= 0.6 is 35.8 Å². The first-order chi connectivity index (χ1) is 15.0. The zero-order chi connectivity index (χ0) is 21.8. The van der Waals surface area contributed by atoms with Gasteiger partial charge in [0.05, 0.1) is 24.9 Å². The van der Waals surface area contributed by atoms with E-state index in [4.69, 9.17) is 22.1 Å². The van der Waals surface area contributed by atoms with Crippen molar-refractivity contribution in [1.82, 2.24) is 5.32 Å². The van der Waals surface area contributed by atoms with Crippen LogP contribution in [0.2, 0.25) is 5.02 Å². The largest absolute Gasteiger partial charge is 0.381 e. The van der Waals surface area contributed by atoms with E-state index in [9.17, 15) is 9.59 Å². The summed E-state index contributed by atoms with van der Waals surface area (Å²) in [5, 5.41) is 3.65. The molecule has 0 aromatic heterocycles. The van der Waals surface area contributed by atoms with Gasteiger partial charge in [-0.2, -0.15) is 0 Å². The molecule has 1 saturated heterocycles. The van der Waals surface area contributed by atoms with Crippen molar-refractivity contribution in [3.05, 3.63) is 58.6 Å². The summed E-state index contributed by atoms with van der Waals surface area (Å²) in [6.45, 7) is 2.43. The van der Waals surface area contributed by atoms with E-state index in [2.05, 4.69) is 5.32 Å². The van der Waals surface area contributed by atoms with Gasteiger partial charge in [-0.05, 0) is 54.7 Å². The van der Waals surface area contributed by atoms with E-state index in [0.717, 1.165) is 29.9 Å². The van der Waals surface area contributed by atoms with E-state index >= 15 is 0 Å². The van der Waals surface area contributed by atoms with Crippen LogP contribution in [-0.4, -0.2) is 43.4 Å². The third-order valence-electron chi connectivity index (χ3n) is 5.57. The van der Waals surface area contributed by atoms with Crippen molar-refractivity contribution in [2.24, 2.45) is 11.7 Å². The molecule has 4 rings (SSSR count). The molecule has 2 aliphatic heterocycles. The topological polar surface area (TPSA) is 84.7 Å². The van der Waals surface area contributed by atoms with Crippen LogP contribution in [0.3, 0.4) is 0 Å². The highest BCUT2D eigenvalue weighted by molar-refractivity contribution is 7.99. The monoisotopic (exact) mass is 495 g/mol. The van der Waals surface area contributed by atoms with Crippen LogP contribution in [0.1, 0.15) is 28.8 Å². The Hall–Kier alpha value is -1.77. The van der Waals surface area contributed by atoms with Crippen molar-refractivity contribution < 1.29 is 14.3 Å². The van der Waals surface area contributed by atoms with Crippen LogP contribution in [0.15, 0.2) is 47.4 Å². The average molecular weight is 496 g/mol. The van der Waals surface area contributed by atoms with Gasteiger partial charge >= 0.3 is 0 Å². The summed E-state index contributed by atoms with van der Waals surface area (Å²) in [7, 11) is 0. The van der Waals surface area contributed by atoms with Gasteiger partial charge in [-0.15, -0.1) is 24.2 Å². The Morgan fingerprint density at radius 3 is 2.75 bits per heavy atom. The maximum Gasteiger partial charge on any atom is 0.251 e. The average Bonchev–Trinajstić information content (AvgIpc) is 2.91. The SMILES string of the molecule is Cl.N[C@H]1CSc2ccc(C(=O)NCC3CCCOC3)cc2N(Cc2ccc(Cl)cc2)C1=O. The number of thioether (sulfide) groups is 1. The molecule has 2 aromatic carbocycles. The summed E-state index contributed by atoms with van der Waals surface area (Å²) in [5.41, 5.74) is 8.31. The van der Waals surface area contributed by atoms with Gasteiger partial charge in [-0.3, -0.25) is 9.59 Å². The Labute approximate surface area is 203 Å². The number of halogens is 2. The van der Waals surface area contributed by atoms with E-state index in [1.54, 1.807) is 29.2 Å². The number of benzene rings is 2. The van der Waals surface area contributed by atoms with E-state index in [1.165, 1.54) is 11.8 Å². The molecule has 1 fully saturated rings. The van der Waals surface area contributed by atoms with Crippen LogP contribution < -0.4 is 16.0 Å². The Morgan fingerprint density at radius 2 is 2.03 bits per heavy atom. The molecular weight excluding hydrogens is 469 g/mol. The third kappa shape index (κ3) is 5.97. The molecule has 3 N–H and O–H groups in total. The minimum atomic E-state index is -0.603. The Bertz CT molecular complexity index is 952. The molecule has 0 aliphatic carbocycles. The lowest BCUT2D eigenvalue weighted by Gasteiger charge is -2.25. The van der Waals surface area contributed by atoms with Crippen molar-refractivity contribution in [3.8, 4) is 0 Å². The minimum absolute atomic E-state index is 0. The number of nitrogens with zero attached hydrogens (tertiary/aromatic N) is 1. The molecule has 6 nitrogen and oxygen atoms in total. The molecule has 172 valence electrons. The molecule has 0 spiro atoms. The van der Waals surface area contributed by atoms with Crippen molar-refractivity contribution in [2.45, 2.75) is 30.3 Å². The summed E-state index contributed by atoms with van der Waals surface area (Å²) >= 11 is 7.54. The van der Waals surface area contributed by atoms with Gasteiger partial charge in [0.2, 0.25) is 5.91 Å². The fraction of sp³-hybridized carbons (Fsp3) is 0.391. The Kier molecular flexibility index (Phi) is 8.85. The molecule has 0 radical (unpaired) electrons. The van der Waals surface area contributed by atoms with Crippen LogP contribution in [0.4, 0.5) is 5.69 Å². The predicted octanol–water partition coefficient (Wildman–Crippen LogP) is 3.88. The smallest absolute Gasteiger partial charge is 0.251 e. The maximum absolute atomic E-state index is 13.0. The van der Waals surface area contributed by atoms with Gasteiger partial charge < -0.3 is 20.7 Å². The lowest BCUT2D eigenvalue weighted by Crippen LogP contribution is -2.44. The number of carbonyl (C=O) groups excluding carboxylic acids is 2. The van der Waals surface area contributed by atoms with E-state index in [-0.39, 0.29) is 24.2 Å². The highest BCUT2D eigenvalue weighted by atomic mass is 35.5. The summed E-state index contributed by atoms with van der Waals surface area (Å²) in [6.07, 6.45) is 2.08. The number of hydrogen-bond donors (Lipinski definition) is 2. The molecule has 1 unspecified atom stereocenters. The molecule has 32 heavy (non-hydrogen) atoms. The van der Waals surface area contributed by atoms with Gasteiger partial charge in [-0.1, -0.05) is 23.7 Å². The van der Waals surface area contributed by atoms with E-state index < -0.39 is 6.04 Å². The molecule has 2 heterocycles. The molecular formula is C23H27Cl2N3O3S. The third-order valence-corrected chi connectivity index (χ3v) is 7.01. The molecule has 0 bridgehead atoms. The van der Waals surface area contributed by atoms with Crippen molar-refractivity contribution in [2.75, 3.05) is 30.4 Å². The highest BCUT2D eigenvalue weighted by Crippen LogP contribution is 2.36. The zero-order valence-corrected chi connectivity index (χ0v) is 20.0. The minimum Gasteiger partial charge on any atom is -0.381 e. The number of fused-ring (bicyclic) bond motifs is 1. The second-order valence-corrected chi connectivity index (χ2v) is 9.44. The second-order valence-electron chi connectivity index (χ2n) is 7.94. The molecule has 9 heteroatoms. The zero-order valence-electron chi connectivity index (χ0n) is 17.6. The lowest BCUT2D eigenvalue weighted by atomic mass is 10.0. The quantitative estimate of drug-likeness (QED) is 0.657. The van der Waals surface area contributed by atoms with Gasteiger partial charge in [0, 0.05) is 34.4 Å². The maximum atomic E-state index is 13.0. The standard InChI is InChI=1S/C23H26ClN3O3S.ClH/c24-18-6-3-15(4-7-18)12-27-20-10-17(5-8-21(20)31-14-19(25)23(27)29)22(28)26-11-16-2-1-9-30-13-16;/h3-8,10,16,19H,1-2,9,11-14,25H2,(H,26,28);1H/t16?,19-;/m0./s1. The Morgan fingerprint density at radius 1 is 1.25 bits per heavy atom. The van der Waals surface area contributed by atoms with Gasteiger partial charge in [0.15, 0.2) is 0 Å². The molecule has 2 amide bonds. The van der Waals surface area contributed by atoms with Crippen LogP contribution in [0.25, 0.3) is 0 Å². The number of nitrogens with two attached hydrogens (primary N) is 1. The predicted molar refractivity (Wildman–Crippen MR) is 131 cm³/mol. The normalized spacial score (nSPS) is 20.7.